The van der Waals surface area contributed by atoms with E-state index in [4.69, 9.17) is 0 Å². The van der Waals surface area contributed by atoms with E-state index < -0.39 is 0 Å². The van der Waals surface area contributed by atoms with Crippen LogP contribution >= 0.6 is 0 Å². The van der Waals surface area contributed by atoms with Crippen molar-refractivity contribution in [1.29, 1.82) is 0 Å². The Hall–Kier alpha value is -2.89. The van der Waals surface area contributed by atoms with Crippen LogP contribution in [0.4, 0.5) is 10.2 Å². The van der Waals surface area contributed by atoms with Crippen LogP contribution in [0.1, 0.15) is 16.1 Å². The molecule has 0 unspecified atom stereocenters. The number of rotatable bonds is 2. The number of hydrogen-bond donors (Lipinski definition) is 1. The lowest BCUT2D eigenvalue weighted by Gasteiger charge is -2.35. The molecule has 1 aromatic carbocycles. The van der Waals surface area contributed by atoms with Gasteiger partial charge in [0.25, 0.3) is 5.91 Å². The maximum Gasteiger partial charge on any atom is 0.256 e. The van der Waals surface area contributed by atoms with Crippen molar-refractivity contribution >= 4 is 22.6 Å². The normalized spacial score (nSPS) is 15.0. The molecular formula is C19H19FN4O. The number of halogens is 1. The summed E-state index contributed by atoms with van der Waals surface area (Å²) in [5, 5.41) is 0.386. The molecule has 0 bridgehead atoms. The summed E-state index contributed by atoms with van der Waals surface area (Å²) in [5.41, 5.74) is 1.81. The number of fused-ring (bicyclic) bond motifs is 1. The molecule has 5 nitrogen and oxygen atoms in total. The quantitative estimate of drug-likeness (QED) is 0.781. The maximum atomic E-state index is 14.3. The van der Waals surface area contributed by atoms with Gasteiger partial charge in [-0.1, -0.05) is 12.1 Å². The van der Waals surface area contributed by atoms with Crippen molar-refractivity contribution in [3.8, 4) is 0 Å². The molecule has 1 fully saturated rings. The van der Waals surface area contributed by atoms with Gasteiger partial charge in [-0.05, 0) is 31.2 Å². The Kier molecular flexibility index (Phi) is 3.87. The second-order valence-corrected chi connectivity index (χ2v) is 6.25. The van der Waals surface area contributed by atoms with Crippen LogP contribution in [0.25, 0.3) is 10.9 Å². The summed E-state index contributed by atoms with van der Waals surface area (Å²) in [7, 11) is 0. The molecular weight excluding hydrogens is 319 g/mol. The fraction of sp³-hybridized carbons (Fsp3) is 0.263. The molecule has 1 aliphatic heterocycles. The van der Waals surface area contributed by atoms with Gasteiger partial charge in [-0.25, -0.2) is 9.37 Å². The number of amides is 1. The van der Waals surface area contributed by atoms with Crippen molar-refractivity contribution < 1.29 is 9.18 Å². The fourth-order valence-corrected chi connectivity index (χ4v) is 3.44. The fourth-order valence-electron chi connectivity index (χ4n) is 3.44. The van der Waals surface area contributed by atoms with Crippen molar-refractivity contribution in [3.05, 3.63) is 59.7 Å². The highest BCUT2D eigenvalue weighted by Gasteiger charge is 2.27. The summed E-state index contributed by atoms with van der Waals surface area (Å²) in [6.45, 7) is 4.43. The molecule has 0 saturated carbocycles. The van der Waals surface area contributed by atoms with E-state index in [1.165, 1.54) is 6.07 Å². The van der Waals surface area contributed by atoms with Crippen LogP contribution in [0.5, 0.6) is 0 Å². The number of anilines is 1. The van der Waals surface area contributed by atoms with Crippen molar-refractivity contribution in [2.24, 2.45) is 0 Å². The minimum Gasteiger partial charge on any atom is -0.358 e. The van der Waals surface area contributed by atoms with Crippen LogP contribution in [0.2, 0.25) is 0 Å². The van der Waals surface area contributed by atoms with Crippen LogP contribution in [0.15, 0.2) is 42.6 Å². The number of H-pyrrole nitrogens is 1. The van der Waals surface area contributed by atoms with E-state index in [1.807, 2.05) is 25.1 Å². The molecule has 1 saturated heterocycles. The SMILES string of the molecule is Cc1[nH]c2cccc(F)c2c1C(=O)N1CCN(c2ccccn2)CC1. The van der Waals surface area contributed by atoms with Gasteiger partial charge in [-0.3, -0.25) is 4.79 Å². The molecule has 3 heterocycles. The van der Waals surface area contributed by atoms with E-state index in [2.05, 4.69) is 14.9 Å². The number of carbonyl (C=O) groups excluding carboxylic acids is 1. The number of aryl methyl sites for hydroxylation is 1. The monoisotopic (exact) mass is 338 g/mol. The summed E-state index contributed by atoms with van der Waals surface area (Å²) >= 11 is 0. The highest BCUT2D eigenvalue weighted by molar-refractivity contribution is 6.08. The van der Waals surface area contributed by atoms with Gasteiger partial charge in [-0.2, -0.15) is 0 Å². The molecule has 0 atom stereocenters. The number of piperazine rings is 1. The second kappa shape index (κ2) is 6.20. The summed E-state index contributed by atoms with van der Waals surface area (Å²) in [4.78, 5) is 24.4. The third-order valence-electron chi connectivity index (χ3n) is 4.71. The van der Waals surface area contributed by atoms with Gasteiger partial charge in [-0.15, -0.1) is 0 Å². The van der Waals surface area contributed by atoms with E-state index in [1.54, 1.807) is 23.2 Å². The lowest BCUT2D eigenvalue weighted by atomic mass is 10.1. The molecule has 1 aliphatic rings. The zero-order valence-electron chi connectivity index (χ0n) is 14.0. The average Bonchev–Trinajstić information content (AvgIpc) is 2.99. The minimum absolute atomic E-state index is 0.116. The Morgan fingerprint density at radius 3 is 2.64 bits per heavy atom. The van der Waals surface area contributed by atoms with Gasteiger partial charge in [0.1, 0.15) is 11.6 Å². The largest absolute Gasteiger partial charge is 0.358 e. The Morgan fingerprint density at radius 1 is 1.12 bits per heavy atom. The first-order valence-electron chi connectivity index (χ1n) is 8.37. The van der Waals surface area contributed by atoms with Gasteiger partial charge in [0.15, 0.2) is 0 Å². The number of hydrogen-bond acceptors (Lipinski definition) is 3. The Morgan fingerprint density at radius 2 is 1.92 bits per heavy atom. The van der Waals surface area contributed by atoms with Crippen LogP contribution in [-0.2, 0) is 0 Å². The number of nitrogens with one attached hydrogen (secondary N) is 1. The second-order valence-electron chi connectivity index (χ2n) is 6.25. The minimum atomic E-state index is -0.364. The Bertz CT molecular complexity index is 914. The van der Waals surface area contributed by atoms with Crippen LogP contribution < -0.4 is 4.90 Å². The average molecular weight is 338 g/mol. The van der Waals surface area contributed by atoms with Gasteiger partial charge < -0.3 is 14.8 Å². The maximum absolute atomic E-state index is 14.3. The van der Waals surface area contributed by atoms with E-state index >= 15 is 0 Å². The van der Waals surface area contributed by atoms with Crippen molar-refractivity contribution in [3.63, 3.8) is 0 Å². The zero-order valence-corrected chi connectivity index (χ0v) is 14.0. The van der Waals surface area contributed by atoms with Crippen molar-refractivity contribution in [2.75, 3.05) is 31.1 Å². The summed E-state index contributed by atoms with van der Waals surface area (Å²) in [6.07, 6.45) is 1.77. The van der Waals surface area contributed by atoms with Crippen LogP contribution in [0.3, 0.4) is 0 Å². The van der Waals surface area contributed by atoms with Crippen LogP contribution in [-0.4, -0.2) is 47.0 Å². The molecule has 0 spiro atoms. The van der Waals surface area contributed by atoms with E-state index in [9.17, 15) is 9.18 Å². The number of carbonyl (C=O) groups is 1. The number of aromatic nitrogens is 2. The first kappa shape index (κ1) is 15.6. The molecule has 2 aromatic heterocycles. The Balaban J connectivity index is 1.56. The number of pyridine rings is 1. The third-order valence-corrected chi connectivity index (χ3v) is 4.71. The molecule has 25 heavy (non-hydrogen) atoms. The van der Waals surface area contributed by atoms with Gasteiger partial charge in [0, 0.05) is 49.0 Å². The zero-order chi connectivity index (χ0) is 17.4. The molecule has 4 rings (SSSR count). The highest BCUT2D eigenvalue weighted by Crippen LogP contribution is 2.26. The lowest BCUT2D eigenvalue weighted by Crippen LogP contribution is -2.49. The molecule has 1 N–H and O–H groups in total. The third kappa shape index (κ3) is 2.73. The molecule has 0 aliphatic carbocycles. The van der Waals surface area contributed by atoms with Gasteiger partial charge >= 0.3 is 0 Å². The summed E-state index contributed by atoms with van der Waals surface area (Å²) in [6, 6.07) is 10.6. The standard InChI is InChI=1S/C19H19FN4O/c1-13-17(18-14(20)5-4-6-15(18)22-13)19(25)24-11-9-23(10-12-24)16-7-2-3-8-21-16/h2-8,22H,9-12H2,1H3. The smallest absolute Gasteiger partial charge is 0.256 e. The summed E-state index contributed by atoms with van der Waals surface area (Å²) < 4.78 is 14.3. The predicted molar refractivity (Wildman–Crippen MR) is 95.3 cm³/mol. The molecule has 3 aromatic rings. The lowest BCUT2D eigenvalue weighted by molar-refractivity contribution is 0.0747. The number of benzene rings is 1. The first-order chi connectivity index (χ1) is 12.1. The van der Waals surface area contributed by atoms with E-state index in [0.29, 0.717) is 48.3 Å². The number of aromatic amines is 1. The summed E-state index contributed by atoms with van der Waals surface area (Å²) in [5.74, 6) is 0.441. The van der Waals surface area contributed by atoms with Gasteiger partial charge in [0.05, 0.1) is 5.56 Å². The van der Waals surface area contributed by atoms with Crippen molar-refractivity contribution in [1.82, 2.24) is 14.9 Å². The predicted octanol–water partition coefficient (Wildman–Crippen LogP) is 2.97. The van der Waals surface area contributed by atoms with E-state index in [-0.39, 0.29) is 11.7 Å². The van der Waals surface area contributed by atoms with Gasteiger partial charge in [0.2, 0.25) is 0 Å². The molecule has 128 valence electrons. The molecule has 0 radical (unpaired) electrons. The Labute approximate surface area is 145 Å². The topological polar surface area (TPSA) is 52.2 Å². The number of nitrogens with zero attached hydrogens (tertiary/aromatic N) is 3. The first-order valence-corrected chi connectivity index (χ1v) is 8.37. The van der Waals surface area contributed by atoms with Crippen molar-refractivity contribution in [2.45, 2.75) is 6.92 Å². The molecule has 1 amide bonds. The molecule has 6 heteroatoms. The van der Waals surface area contributed by atoms with Crippen LogP contribution in [0, 0.1) is 12.7 Å². The van der Waals surface area contributed by atoms with E-state index in [0.717, 1.165) is 5.82 Å². The highest BCUT2D eigenvalue weighted by atomic mass is 19.1.